The lowest BCUT2D eigenvalue weighted by molar-refractivity contribution is -0.127. The summed E-state index contributed by atoms with van der Waals surface area (Å²) in [6, 6.07) is 21.1. The third kappa shape index (κ3) is 6.80. The highest BCUT2D eigenvalue weighted by Gasteiger charge is 2.36. The number of hydrogen-bond acceptors (Lipinski definition) is 7. The summed E-state index contributed by atoms with van der Waals surface area (Å²) in [6.45, 7) is 1.31. The van der Waals surface area contributed by atoms with Crippen LogP contribution in [0.15, 0.2) is 77.7 Å². The van der Waals surface area contributed by atoms with Crippen molar-refractivity contribution in [2.75, 3.05) is 30.9 Å². The fraction of sp³-hybridized carbons (Fsp3) is 0.143. The molecule has 1 aliphatic heterocycles. The molecule has 0 atom stereocenters. The molecule has 4 amide bonds. The smallest absolute Gasteiger partial charge is 0.294 e. The highest BCUT2D eigenvalue weighted by Crippen LogP contribution is 2.34. The number of carbonyl (C=O) groups is 4. The summed E-state index contributed by atoms with van der Waals surface area (Å²) < 4.78 is 11.0. The number of rotatable bonds is 9. The summed E-state index contributed by atoms with van der Waals surface area (Å²) in [6.07, 6.45) is 1.54. The van der Waals surface area contributed by atoms with Gasteiger partial charge in [-0.3, -0.25) is 24.1 Å². The Bertz CT molecular complexity index is 1390. The monoisotopic (exact) mass is 531 g/mol. The second kappa shape index (κ2) is 12.1. The van der Waals surface area contributed by atoms with Crippen LogP contribution in [0.2, 0.25) is 0 Å². The van der Waals surface area contributed by atoms with Gasteiger partial charge in [-0.2, -0.15) is 0 Å². The number of hydrogen-bond donors (Lipinski definition) is 2. The highest BCUT2D eigenvalue weighted by atomic mass is 32.2. The lowest BCUT2D eigenvalue weighted by atomic mass is 10.2. The number of benzene rings is 3. The normalized spacial score (nSPS) is 13.9. The number of ether oxygens (including phenoxy) is 2. The summed E-state index contributed by atoms with van der Waals surface area (Å²) in [4.78, 5) is 50.9. The Kier molecular flexibility index (Phi) is 8.44. The van der Waals surface area contributed by atoms with Crippen LogP contribution in [-0.2, 0) is 14.4 Å². The van der Waals surface area contributed by atoms with Crippen LogP contribution in [0.1, 0.15) is 11.1 Å². The zero-order valence-electron chi connectivity index (χ0n) is 20.7. The van der Waals surface area contributed by atoms with Gasteiger partial charge in [0.2, 0.25) is 5.91 Å². The molecule has 38 heavy (non-hydrogen) atoms. The van der Waals surface area contributed by atoms with E-state index in [1.54, 1.807) is 42.5 Å². The topological polar surface area (TPSA) is 114 Å². The van der Waals surface area contributed by atoms with E-state index in [9.17, 15) is 19.2 Å². The van der Waals surface area contributed by atoms with Crippen molar-refractivity contribution in [2.24, 2.45) is 0 Å². The number of nitrogens with one attached hydrogen (secondary N) is 2. The second-order valence-electron chi connectivity index (χ2n) is 8.30. The lowest BCUT2D eigenvalue weighted by Crippen LogP contribution is -2.36. The third-order valence-corrected chi connectivity index (χ3v) is 6.32. The summed E-state index contributed by atoms with van der Waals surface area (Å²) >= 11 is 0.753. The van der Waals surface area contributed by atoms with Crippen molar-refractivity contribution in [3.05, 3.63) is 88.8 Å². The van der Waals surface area contributed by atoms with E-state index in [1.807, 2.05) is 37.3 Å². The zero-order chi connectivity index (χ0) is 27.1. The van der Waals surface area contributed by atoms with Gasteiger partial charge in [-0.15, -0.1) is 0 Å². The predicted octanol–water partition coefficient (Wildman–Crippen LogP) is 4.70. The molecule has 0 unspecified atom stereocenters. The van der Waals surface area contributed by atoms with Crippen LogP contribution in [-0.4, -0.2) is 48.1 Å². The van der Waals surface area contributed by atoms with Gasteiger partial charge in [0.05, 0.1) is 12.0 Å². The molecule has 0 radical (unpaired) electrons. The molecule has 10 heteroatoms. The Hall–Kier alpha value is -4.57. The lowest BCUT2D eigenvalue weighted by Gasteiger charge is -2.13. The van der Waals surface area contributed by atoms with E-state index in [0.717, 1.165) is 22.2 Å². The molecule has 1 fully saturated rings. The summed E-state index contributed by atoms with van der Waals surface area (Å²) in [5.41, 5.74) is 2.86. The van der Waals surface area contributed by atoms with Crippen LogP contribution >= 0.6 is 11.8 Å². The summed E-state index contributed by atoms with van der Waals surface area (Å²) in [5.74, 6) is -0.674. The number of para-hydroxylation sites is 1. The molecule has 1 aliphatic rings. The molecule has 0 saturated carbocycles. The first-order chi connectivity index (χ1) is 18.3. The average Bonchev–Trinajstić information content (AvgIpc) is 3.16. The number of methoxy groups -OCH3 is 1. The number of anilines is 2. The van der Waals surface area contributed by atoms with Crippen LogP contribution in [0.25, 0.3) is 6.08 Å². The summed E-state index contributed by atoms with van der Waals surface area (Å²) in [5, 5.41) is 4.88. The van der Waals surface area contributed by atoms with Crippen LogP contribution in [0.5, 0.6) is 11.5 Å². The Morgan fingerprint density at radius 2 is 1.58 bits per heavy atom. The highest BCUT2D eigenvalue weighted by molar-refractivity contribution is 8.18. The number of nitrogens with zero attached hydrogens (tertiary/aromatic N) is 1. The van der Waals surface area contributed by atoms with Crippen LogP contribution in [0, 0.1) is 6.92 Å². The van der Waals surface area contributed by atoms with E-state index in [4.69, 9.17) is 9.47 Å². The molecule has 9 nitrogen and oxygen atoms in total. The quantitative estimate of drug-likeness (QED) is 0.385. The molecule has 0 spiro atoms. The van der Waals surface area contributed by atoms with Crippen molar-refractivity contribution in [3.63, 3.8) is 0 Å². The third-order valence-electron chi connectivity index (χ3n) is 5.41. The van der Waals surface area contributed by atoms with Crippen molar-refractivity contribution in [2.45, 2.75) is 6.92 Å². The first-order valence-electron chi connectivity index (χ1n) is 11.6. The molecule has 194 valence electrons. The van der Waals surface area contributed by atoms with Crippen LogP contribution in [0.4, 0.5) is 16.2 Å². The van der Waals surface area contributed by atoms with Gasteiger partial charge in [0.25, 0.3) is 17.1 Å². The van der Waals surface area contributed by atoms with Crippen molar-refractivity contribution in [3.8, 4) is 11.5 Å². The predicted molar refractivity (Wildman–Crippen MR) is 146 cm³/mol. The number of aryl methyl sites for hydroxylation is 1. The molecule has 4 rings (SSSR count). The van der Waals surface area contributed by atoms with Crippen LogP contribution in [0.3, 0.4) is 0 Å². The Balaban J connectivity index is 1.38. The standard InChI is InChI=1S/C28H25N3O6S/c1-18-8-11-21(12-9-18)29-25(32)16-31-27(34)24(38-28(31)35)15-19-10-13-22(23(14-19)36-2)37-17-26(33)30-20-6-4-3-5-7-20/h3-15H,16-17H2,1-2H3,(H,29,32)(H,30,33)/b24-15-. The van der Waals surface area contributed by atoms with Crippen molar-refractivity contribution in [1.82, 2.24) is 4.90 Å². The fourth-order valence-corrected chi connectivity index (χ4v) is 4.36. The molecular formula is C28H25N3O6S. The fourth-order valence-electron chi connectivity index (χ4n) is 3.52. The van der Waals surface area contributed by atoms with Gasteiger partial charge >= 0.3 is 0 Å². The number of carbonyl (C=O) groups excluding carboxylic acids is 4. The van der Waals surface area contributed by atoms with Gasteiger partial charge < -0.3 is 20.1 Å². The van der Waals surface area contributed by atoms with E-state index in [-0.39, 0.29) is 17.4 Å². The van der Waals surface area contributed by atoms with Gasteiger partial charge in [0.15, 0.2) is 18.1 Å². The number of thioether (sulfide) groups is 1. The minimum absolute atomic E-state index is 0.177. The largest absolute Gasteiger partial charge is 0.493 e. The summed E-state index contributed by atoms with van der Waals surface area (Å²) in [7, 11) is 1.45. The minimum atomic E-state index is -0.559. The minimum Gasteiger partial charge on any atom is -0.493 e. The number of amides is 4. The zero-order valence-corrected chi connectivity index (χ0v) is 21.5. The molecule has 1 heterocycles. The maximum absolute atomic E-state index is 12.8. The molecule has 2 N–H and O–H groups in total. The van der Waals surface area contributed by atoms with Gasteiger partial charge in [0.1, 0.15) is 6.54 Å². The van der Waals surface area contributed by atoms with Gasteiger partial charge in [-0.05, 0) is 66.7 Å². The number of imide groups is 1. The first kappa shape index (κ1) is 26.5. The van der Waals surface area contributed by atoms with Gasteiger partial charge in [0, 0.05) is 11.4 Å². The van der Waals surface area contributed by atoms with Gasteiger partial charge in [-0.25, -0.2) is 0 Å². The van der Waals surface area contributed by atoms with E-state index >= 15 is 0 Å². The van der Waals surface area contributed by atoms with E-state index in [0.29, 0.717) is 28.4 Å². The van der Waals surface area contributed by atoms with E-state index in [1.165, 1.54) is 13.2 Å². The van der Waals surface area contributed by atoms with Crippen LogP contribution < -0.4 is 20.1 Å². The van der Waals surface area contributed by atoms with Gasteiger partial charge in [-0.1, -0.05) is 42.0 Å². The van der Waals surface area contributed by atoms with Crippen molar-refractivity contribution < 1.29 is 28.7 Å². The second-order valence-corrected chi connectivity index (χ2v) is 9.29. The van der Waals surface area contributed by atoms with E-state index in [2.05, 4.69) is 10.6 Å². The maximum Gasteiger partial charge on any atom is 0.294 e. The first-order valence-corrected chi connectivity index (χ1v) is 12.4. The molecular weight excluding hydrogens is 506 g/mol. The SMILES string of the molecule is COc1cc(/C=C2\SC(=O)N(CC(=O)Nc3ccc(C)cc3)C2=O)ccc1OCC(=O)Nc1ccccc1. The molecule has 3 aromatic carbocycles. The molecule has 1 saturated heterocycles. The Morgan fingerprint density at radius 3 is 2.29 bits per heavy atom. The molecule has 0 aromatic heterocycles. The molecule has 3 aromatic rings. The molecule has 0 aliphatic carbocycles. The van der Waals surface area contributed by atoms with Crippen molar-refractivity contribution in [1.29, 1.82) is 0 Å². The average molecular weight is 532 g/mol. The Labute approximate surface area is 223 Å². The van der Waals surface area contributed by atoms with Crippen molar-refractivity contribution >= 4 is 52.2 Å². The molecule has 0 bridgehead atoms. The van der Waals surface area contributed by atoms with E-state index < -0.39 is 23.6 Å². The Morgan fingerprint density at radius 1 is 0.895 bits per heavy atom. The maximum atomic E-state index is 12.8.